The van der Waals surface area contributed by atoms with E-state index in [1.807, 2.05) is 0 Å². The fourth-order valence-electron chi connectivity index (χ4n) is 0.761. The van der Waals surface area contributed by atoms with Crippen molar-refractivity contribution in [2.75, 3.05) is 13.3 Å². The summed E-state index contributed by atoms with van der Waals surface area (Å²) < 4.78 is 28.4. The quantitative estimate of drug-likeness (QED) is 0.461. The van der Waals surface area contributed by atoms with E-state index >= 15 is 0 Å². The van der Waals surface area contributed by atoms with Crippen molar-refractivity contribution in [3.05, 3.63) is 0 Å². The van der Waals surface area contributed by atoms with E-state index in [9.17, 15) is 13.6 Å². The summed E-state index contributed by atoms with van der Waals surface area (Å²) >= 11 is 0. The van der Waals surface area contributed by atoms with Crippen molar-refractivity contribution >= 4 is 5.97 Å². The number of hydrogen-bond acceptors (Lipinski definition) is 2. The lowest BCUT2D eigenvalue weighted by Crippen LogP contribution is -2.04. The van der Waals surface area contributed by atoms with Crippen molar-refractivity contribution in [2.45, 2.75) is 32.4 Å². The molecule has 1 unspecified atom stereocenters. The predicted molar refractivity (Wildman–Crippen MR) is 41.4 cm³/mol. The van der Waals surface area contributed by atoms with Crippen molar-refractivity contribution in [1.29, 1.82) is 0 Å². The molecular formula is C8H14F2O2. The fraction of sp³-hybridized carbons (Fsp3) is 0.875. The molecule has 12 heavy (non-hydrogen) atoms. The second kappa shape index (κ2) is 7.00. The molecule has 0 saturated carbocycles. The van der Waals surface area contributed by atoms with Crippen LogP contribution in [0, 0.1) is 0 Å². The lowest BCUT2D eigenvalue weighted by Gasteiger charge is -2.03. The first-order valence-electron chi connectivity index (χ1n) is 4.00. The number of halogens is 2. The largest absolute Gasteiger partial charge is 0.466 e. The van der Waals surface area contributed by atoms with Gasteiger partial charge in [-0.1, -0.05) is 0 Å². The highest BCUT2D eigenvalue weighted by Gasteiger charge is 2.04. The summed E-state index contributed by atoms with van der Waals surface area (Å²) in [5.41, 5.74) is 0. The highest BCUT2D eigenvalue weighted by atomic mass is 19.2. The monoisotopic (exact) mass is 180 g/mol. The number of rotatable bonds is 6. The third-order valence-corrected chi connectivity index (χ3v) is 1.38. The van der Waals surface area contributed by atoms with Crippen LogP contribution < -0.4 is 0 Å². The van der Waals surface area contributed by atoms with Gasteiger partial charge in [0.2, 0.25) is 0 Å². The number of esters is 1. The summed E-state index contributed by atoms with van der Waals surface area (Å²) in [4.78, 5) is 10.2. The van der Waals surface area contributed by atoms with Crippen LogP contribution in [0.1, 0.15) is 26.2 Å². The lowest BCUT2D eigenvalue weighted by molar-refractivity contribution is -0.141. The highest BCUT2D eigenvalue weighted by Crippen LogP contribution is 2.05. The van der Waals surface area contributed by atoms with Crippen LogP contribution in [-0.2, 0) is 9.53 Å². The smallest absolute Gasteiger partial charge is 0.302 e. The molecule has 0 aromatic heterocycles. The average molecular weight is 180 g/mol. The van der Waals surface area contributed by atoms with Gasteiger partial charge < -0.3 is 4.74 Å². The van der Waals surface area contributed by atoms with Gasteiger partial charge in [-0.3, -0.25) is 4.79 Å². The van der Waals surface area contributed by atoms with Gasteiger partial charge in [0, 0.05) is 6.92 Å². The Morgan fingerprint density at radius 3 is 2.67 bits per heavy atom. The Kier molecular flexibility index (Phi) is 6.61. The molecule has 0 aromatic carbocycles. The van der Waals surface area contributed by atoms with Gasteiger partial charge in [-0.05, 0) is 19.3 Å². The van der Waals surface area contributed by atoms with Crippen molar-refractivity contribution < 1.29 is 18.3 Å². The van der Waals surface area contributed by atoms with Crippen LogP contribution in [-0.4, -0.2) is 25.4 Å². The minimum Gasteiger partial charge on any atom is -0.466 e. The molecule has 0 saturated heterocycles. The van der Waals surface area contributed by atoms with E-state index in [2.05, 4.69) is 4.74 Å². The first-order valence-corrected chi connectivity index (χ1v) is 4.00. The van der Waals surface area contributed by atoms with Crippen LogP contribution in [0.15, 0.2) is 0 Å². The zero-order chi connectivity index (χ0) is 9.40. The summed E-state index contributed by atoms with van der Waals surface area (Å²) in [6.45, 7) is 0.696. The third-order valence-electron chi connectivity index (χ3n) is 1.38. The average Bonchev–Trinajstić information content (AvgIpc) is 2.03. The van der Waals surface area contributed by atoms with Gasteiger partial charge in [-0.25, -0.2) is 8.78 Å². The van der Waals surface area contributed by atoms with Gasteiger partial charge in [0.05, 0.1) is 6.61 Å². The summed E-state index contributed by atoms with van der Waals surface area (Å²) in [6.07, 6.45) is -0.00168. The van der Waals surface area contributed by atoms with Gasteiger partial charge in [0.25, 0.3) is 0 Å². The molecule has 0 heterocycles. The lowest BCUT2D eigenvalue weighted by atomic mass is 10.2. The summed E-state index contributed by atoms with van der Waals surface area (Å²) in [7, 11) is 0. The molecule has 0 fully saturated rings. The van der Waals surface area contributed by atoms with Crippen LogP contribution in [0.3, 0.4) is 0 Å². The molecular weight excluding hydrogens is 166 g/mol. The minimum atomic E-state index is -1.36. The maximum absolute atomic E-state index is 12.2. The Balaban J connectivity index is 3.05. The normalized spacial score (nSPS) is 12.6. The Labute approximate surface area is 70.9 Å². The molecule has 0 N–H and O–H groups in total. The molecule has 0 spiro atoms. The maximum atomic E-state index is 12.2. The zero-order valence-electron chi connectivity index (χ0n) is 7.19. The topological polar surface area (TPSA) is 26.3 Å². The number of carbonyl (C=O) groups excluding carboxylic acids is 1. The van der Waals surface area contributed by atoms with Crippen LogP contribution >= 0.6 is 0 Å². The Hall–Kier alpha value is -0.670. The maximum Gasteiger partial charge on any atom is 0.302 e. The van der Waals surface area contributed by atoms with E-state index in [1.165, 1.54) is 6.92 Å². The van der Waals surface area contributed by atoms with E-state index in [0.717, 1.165) is 0 Å². The Bertz CT molecular complexity index is 128. The van der Waals surface area contributed by atoms with Crippen molar-refractivity contribution in [1.82, 2.24) is 0 Å². The Morgan fingerprint density at radius 1 is 1.50 bits per heavy atom. The fourth-order valence-corrected chi connectivity index (χ4v) is 0.761. The van der Waals surface area contributed by atoms with E-state index in [-0.39, 0.29) is 12.4 Å². The number of ether oxygens (including phenoxy) is 1. The summed E-state index contributed by atoms with van der Waals surface area (Å²) in [5.74, 6) is -0.336. The molecule has 4 heteroatoms. The van der Waals surface area contributed by atoms with Gasteiger partial charge in [0.15, 0.2) is 0 Å². The first kappa shape index (κ1) is 11.3. The minimum absolute atomic E-state index is 0.206. The van der Waals surface area contributed by atoms with Gasteiger partial charge in [-0.15, -0.1) is 0 Å². The molecule has 0 aliphatic heterocycles. The molecule has 0 aromatic rings. The van der Waals surface area contributed by atoms with E-state index < -0.39 is 12.8 Å². The second-order valence-electron chi connectivity index (χ2n) is 2.59. The molecule has 0 radical (unpaired) electrons. The first-order chi connectivity index (χ1) is 5.66. The SMILES string of the molecule is CC(=O)OCCCCC(F)CF. The third kappa shape index (κ3) is 7.44. The molecule has 2 nitrogen and oxygen atoms in total. The standard InChI is InChI=1S/C8H14F2O2/c1-7(11)12-5-3-2-4-8(10)6-9/h8H,2-6H2,1H3. The van der Waals surface area contributed by atoms with E-state index in [1.54, 1.807) is 0 Å². The molecule has 0 amide bonds. The van der Waals surface area contributed by atoms with E-state index in [0.29, 0.717) is 19.4 Å². The molecule has 72 valence electrons. The van der Waals surface area contributed by atoms with Gasteiger partial charge in [-0.2, -0.15) is 0 Å². The molecule has 0 aliphatic rings. The highest BCUT2D eigenvalue weighted by molar-refractivity contribution is 5.65. The molecule has 1 atom stereocenters. The number of alkyl halides is 2. The van der Waals surface area contributed by atoms with Crippen molar-refractivity contribution in [3.63, 3.8) is 0 Å². The number of carbonyl (C=O) groups is 1. The van der Waals surface area contributed by atoms with Crippen LogP contribution in [0.4, 0.5) is 8.78 Å². The van der Waals surface area contributed by atoms with Gasteiger partial charge >= 0.3 is 5.97 Å². The van der Waals surface area contributed by atoms with Crippen LogP contribution in [0.25, 0.3) is 0 Å². The zero-order valence-corrected chi connectivity index (χ0v) is 7.19. The summed E-state index contributed by atoms with van der Waals surface area (Å²) in [6, 6.07) is 0. The summed E-state index contributed by atoms with van der Waals surface area (Å²) in [5, 5.41) is 0. The molecule has 0 bridgehead atoms. The van der Waals surface area contributed by atoms with E-state index in [4.69, 9.17) is 0 Å². The predicted octanol–water partition coefficient (Wildman–Crippen LogP) is 2.03. The molecule has 0 rings (SSSR count). The molecule has 0 aliphatic carbocycles. The second-order valence-corrected chi connectivity index (χ2v) is 2.59. The number of unbranched alkanes of at least 4 members (excludes halogenated alkanes) is 1. The van der Waals surface area contributed by atoms with Crippen LogP contribution in [0.2, 0.25) is 0 Å². The van der Waals surface area contributed by atoms with Crippen molar-refractivity contribution in [3.8, 4) is 0 Å². The van der Waals surface area contributed by atoms with Gasteiger partial charge in [0.1, 0.15) is 12.8 Å². The Morgan fingerprint density at radius 2 is 2.17 bits per heavy atom. The van der Waals surface area contributed by atoms with Crippen molar-refractivity contribution in [2.24, 2.45) is 0 Å². The van der Waals surface area contributed by atoms with Crippen LogP contribution in [0.5, 0.6) is 0 Å². The number of hydrogen-bond donors (Lipinski definition) is 0.